The van der Waals surface area contributed by atoms with Crippen LogP contribution in [0, 0.1) is 11.3 Å². The van der Waals surface area contributed by atoms with Crippen LogP contribution in [0.4, 0.5) is 0 Å². The van der Waals surface area contributed by atoms with Crippen LogP contribution in [0.3, 0.4) is 0 Å². The third kappa shape index (κ3) is 5.69. The molecule has 2 aromatic carbocycles. The van der Waals surface area contributed by atoms with Crippen molar-refractivity contribution < 1.29 is 14.3 Å². The highest BCUT2D eigenvalue weighted by Crippen LogP contribution is 2.43. The average Bonchev–Trinajstić information content (AvgIpc) is 2.70. The number of ketones is 1. The van der Waals surface area contributed by atoms with Gasteiger partial charge in [0.2, 0.25) is 0 Å². The highest BCUT2D eigenvalue weighted by Gasteiger charge is 2.34. The van der Waals surface area contributed by atoms with E-state index in [9.17, 15) is 4.79 Å². The molecular formula is C26H28Br2O3. The van der Waals surface area contributed by atoms with E-state index in [-0.39, 0.29) is 11.2 Å². The molecule has 0 atom stereocenters. The van der Waals surface area contributed by atoms with Gasteiger partial charge < -0.3 is 9.47 Å². The Hall–Kier alpha value is -1.85. The lowest BCUT2D eigenvalue weighted by atomic mass is 9.68. The third-order valence-electron chi connectivity index (χ3n) is 5.78. The van der Waals surface area contributed by atoms with Gasteiger partial charge in [-0.3, -0.25) is 4.79 Å². The standard InChI is InChI=1S/C26H28Br2O3/c1-26(2,3)20-12-18(10-16-14-21(27)6-8-23(16)30-4)25(29)19(13-20)11-17-15-22(28)7-9-24(17)31-5/h6-11,14-15,20H,12-13H2,1-5H3/b18-10+,19-11+. The zero-order chi connectivity index (χ0) is 22.8. The second-order valence-electron chi connectivity index (χ2n) is 8.91. The molecule has 0 radical (unpaired) electrons. The van der Waals surface area contributed by atoms with Crippen molar-refractivity contribution in [3.05, 3.63) is 67.6 Å². The molecule has 1 saturated carbocycles. The van der Waals surface area contributed by atoms with Crippen molar-refractivity contribution in [3.63, 3.8) is 0 Å². The maximum atomic E-state index is 13.5. The minimum Gasteiger partial charge on any atom is -0.496 e. The van der Waals surface area contributed by atoms with Crippen LogP contribution >= 0.6 is 31.9 Å². The first-order valence-electron chi connectivity index (χ1n) is 10.2. The van der Waals surface area contributed by atoms with Crippen LogP contribution in [0.15, 0.2) is 56.5 Å². The first-order chi connectivity index (χ1) is 14.6. The van der Waals surface area contributed by atoms with Crippen molar-refractivity contribution >= 4 is 49.8 Å². The van der Waals surface area contributed by atoms with Crippen molar-refractivity contribution in [1.82, 2.24) is 0 Å². The second-order valence-corrected chi connectivity index (χ2v) is 10.7. The number of hydrogen-bond acceptors (Lipinski definition) is 3. The van der Waals surface area contributed by atoms with Gasteiger partial charge in [-0.2, -0.15) is 0 Å². The minimum absolute atomic E-state index is 0.0710. The van der Waals surface area contributed by atoms with Gasteiger partial charge in [0, 0.05) is 31.2 Å². The third-order valence-corrected chi connectivity index (χ3v) is 6.77. The van der Waals surface area contributed by atoms with Crippen molar-refractivity contribution in [1.29, 1.82) is 0 Å². The van der Waals surface area contributed by atoms with E-state index >= 15 is 0 Å². The summed E-state index contributed by atoms with van der Waals surface area (Å²) < 4.78 is 12.9. The molecule has 0 unspecified atom stereocenters. The Morgan fingerprint density at radius 1 is 0.839 bits per heavy atom. The fraction of sp³-hybridized carbons (Fsp3) is 0.346. The fourth-order valence-electron chi connectivity index (χ4n) is 3.87. The van der Waals surface area contributed by atoms with Crippen LogP contribution < -0.4 is 9.47 Å². The first kappa shape index (κ1) is 23.8. The molecule has 1 aliphatic carbocycles. The van der Waals surface area contributed by atoms with Crippen molar-refractivity contribution in [2.75, 3.05) is 14.2 Å². The van der Waals surface area contributed by atoms with E-state index in [2.05, 4.69) is 52.6 Å². The zero-order valence-corrected chi connectivity index (χ0v) is 21.8. The predicted octanol–water partition coefficient (Wildman–Crippen LogP) is 7.72. The molecule has 0 spiro atoms. The molecule has 2 aromatic rings. The molecule has 0 bridgehead atoms. The number of carbonyl (C=O) groups excluding carboxylic acids is 1. The number of rotatable bonds is 4. The Morgan fingerprint density at radius 2 is 1.26 bits per heavy atom. The van der Waals surface area contributed by atoms with E-state index in [4.69, 9.17) is 9.47 Å². The number of halogens is 2. The van der Waals surface area contributed by atoms with Crippen LogP contribution in [-0.4, -0.2) is 20.0 Å². The van der Waals surface area contributed by atoms with Crippen molar-refractivity contribution in [2.24, 2.45) is 11.3 Å². The highest BCUT2D eigenvalue weighted by molar-refractivity contribution is 9.10. The number of benzene rings is 2. The maximum Gasteiger partial charge on any atom is 0.185 e. The van der Waals surface area contributed by atoms with Gasteiger partial charge in [0.05, 0.1) is 14.2 Å². The van der Waals surface area contributed by atoms with Crippen LogP contribution in [0.25, 0.3) is 12.2 Å². The van der Waals surface area contributed by atoms with E-state index in [1.54, 1.807) is 14.2 Å². The summed E-state index contributed by atoms with van der Waals surface area (Å²) in [7, 11) is 3.30. The van der Waals surface area contributed by atoms with Crippen molar-refractivity contribution in [2.45, 2.75) is 33.6 Å². The van der Waals surface area contributed by atoms with Gasteiger partial charge in [0.1, 0.15) is 11.5 Å². The summed E-state index contributed by atoms with van der Waals surface area (Å²) in [6.45, 7) is 6.71. The molecule has 5 heteroatoms. The summed E-state index contributed by atoms with van der Waals surface area (Å²) >= 11 is 7.06. The molecule has 0 saturated heterocycles. The topological polar surface area (TPSA) is 35.5 Å². The Morgan fingerprint density at radius 3 is 1.61 bits per heavy atom. The van der Waals surface area contributed by atoms with Gasteiger partial charge in [0.15, 0.2) is 5.78 Å². The Labute approximate surface area is 201 Å². The molecule has 1 fully saturated rings. The largest absolute Gasteiger partial charge is 0.496 e. The molecule has 3 rings (SSSR count). The average molecular weight is 548 g/mol. The molecule has 1 aliphatic rings. The SMILES string of the molecule is COc1ccc(Br)cc1/C=C1\CC(C(C)(C)C)C/C(=C\c2cc(Br)ccc2OC)C1=O. The summed E-state index contributed by atoms with van der Waals surface area (Å²) in [5.41, 5.74) is 3.48. The van der Waals surface area contributed by atoms with Gasteiger partial charge in [-0.25, -0.2) is 0 Å². The van der Waals surface area contributed by atoms with E-state index in [0.717, 1.165) is 55.6 Å². The molecule has 0 aliphatic heterocycles. The number of Topliss-reactive ketones (excluding diaryl/α,β-unsaturated/α-hetero) is 1. The van der Waals surface area contributed by atoms with Gasteiger partial charge in [0.25, 0.3) is 0 Å². The van der Waals surface area contributed by atoms with Gasteiger partial charge in [-0.15, -0.1) is 0 Å². The van der Waals surface area contributed by atoms with Gasteiger partial charge in [-0.1, -0.05) is 52.6 Å². The normalized spacial score (nSPS) is 19.7. The second kappa shape index (κ2) is 9.74. The van der Waals surface area contributed by atoms with E-state index in [0.29, 0.717) is 5.92 Å². The highest BCUT2D eigenvalue weighted by atomic mass is 79.9. The smallest absolute Gasteiger partial charge is 0.185 e. The van der Waals surface area contributed by atoms with Gasteiger partial charge in [-0.05, 0) is 72.7 Å². The molecule has 0 amide bonds. The van der Waals surface area contributed by atoms with E-state index < -0.39 is 0 Å². The van der Waals surface area contributed by atoms with E-state index in [1.807, 2.05) is 48.6 Å². The van der Waals surface area contributed by atoms with Crippen LogP contribution in [0.2, 0.25) is 0 Å². The van der Waals surface area contributed by atoms with Crippen molar-refractivity contribution in [3.8, 4) is 11.5 Å². The monoisotopic (exact) mass is 546 g/mol. The fourth-order valence-corrected chi connectivity index (χ4v) is 4.63. The zero-order valence-electron chi connectivity index (χ0n) is 18.6. The van der Waals surface area contributed by atoms with Crippen LogP contribution in [-0.2, 0) is 4.79 Å². The van der Waals surface area contributed by atoms with Crippen LogP contribution in [0.5, 0.6) is 11.5 Å². The summed E-state index contributed by atoms with van der Waals surface area (Å²) in [6, 6.07) is 11.7. The van der Waals surface area contributed by atoms with Gasteiger partial charge >= 0.3 is 0 Å². The molecule has 164 valence electrons. The number of hydrogen-bond donors (Lipinski definition) is 0. The lowest BCUT2D eigenvalue weighted by Gasteiger charge is -2.35. The minimum atomic E-state index is 0.0710. The van der Waals surface area contributed by atoms with Crippen LogP contribution in [0.1, 0.15) is 44.7 Å². The molecule has 3 nitrogen and oxygen atoms in total. The number of allylic oxidation sites excluding steroid dienone is 2. The Kier molecular flexibility index (Phi) is 7.48. The molecule has 0 heterocycles. The summed E-state index contributed by atoms with van der Waals surface area (Å²) in [5, 5.41) is 0. The number of carbonyl (C=O) groups is 1. The summed E-state index contributed by atoms with van der Waals surface area (Å²) in [4.78, 5) is 13.5. The maximum absolute atomic E-state index is 13.5. The molecule has 0 aromatic heterocycles. The lowest BCUT2D eigenvalue weighted by Crippen LogP contribution is -2.29. The first-order valence-corrected chi connectivity index (χ1v) is 11.8. The Balaban J connectivity index is 2.11. The predicted molar refractivity (Wildman–Crippen MR) is 135 cm³/mol. The summed E-state index contributed by atoms with van der Waals surface area (Å²) in [5.74, 6) is 1.93. The molecule has 0 N–H and O–H groups in total. The number of methoxy groups -OCH3 is 2. The lowest BCUT2D eigenvalue weighted by molar-refractivity contribution is -0.113. The summed E-state index contributed by atoms with van der Waals surface area (Å²) in [6.07, 6.45) is 5.45. The number of ether oxygens (including phenoxy) is 2. The quantitative estimate of drug-likeness (QED) is 0.367. The van der Waals surface area contributed by atoms with E-state index in [1.165, 1.54) is 0 Å². The molecule has 31 heavy (non-hydrogen) atoms. The Bertz CT molecular complexity index is 970. The molecular weight excluding hydrogens is 520 g/mol.